The average Bonchev–Trinajstić information content (AvgIpc) is 3.71. The molecule has 0 fully saturated rings. The van der Waals surface area contributed by atoms with Crippen molar-refractivity contribution in [1.82, 2.24) is 4.57 Å². The molecule has 0 bridgehead atoms. The van der Waals surface area contributed by atoms with Crippen molar-refractivity contribution in [1.29, 1.82) is 5.26 Å². The lowest BCUT2D eigenvalue weighted by molar-refractivity contribution is 0.668. The minimum absolute atomic E-state index is 0.731. The molecule has 0 saturated carbocycles. The Bertz CT molecular complexity index is 2720. The number of aryl methyl sites for hydroxylation is 3. The summed E-state index contributed by atoms with van der Waals surface area (Å²) in [5, 5.41) is 15.2. The standard InChI is InChI=1S/C47H34N2O/c1-31-13-2-3-16-36(31)46-33(27-28-45-47(46)40-20-7-11-24-44(40)50-45)15-12-14-32-25-26-34(29-35(32)30-48)37-17-4-8-21-41(37)49-42-22-9-5-18-38(42)39-19-6-10-23-43(39)49/h2-11,13,16-29H,12,14-15H2,1H3. The van der Waals surface area contributed by atoms with Crippen molar-refractivity contribution in [3.05, 3.63) is 174 Å². The van der Waals surface area contributed by atoms with Crippen LogP contribution in [-0.4, -0.2) is 4.57 Å². The van der Waals surface area contributed by atoms with Crippen molar-refractivity contribution in [2.45, 2.75) is 26.2 Å². The summed E-state index contributed by atoms with van der Waals surface area (Å²) in [4.78, 5) is 0. The molecule has 0 aliphatic rings. The van der Waals surface area contributed by atoms with Gasteiger partial charge in [-0.3, -0.25) is 0 Å². The van der Waals surface area contributed by atoms with Gasteiger partial charge in [0.1, 0.15) is 11.2 Å². The molecule has 9 rings (SSSR count). The Hall–Kier alpha value is -6.37. The number of nitriles is 1. The molecule has 2 aromatic heterocycles. The molecule has 0 aliphatic carbocycles. The van der Waals surface area contributed by atoms with Crippen LogP contribution in [0.3, 0.4) is 0 Å². The molecule has 2 heterocycles. The van der Waals surface area contributed by atoms with E-state index in [-0.39, 0.29) is 0 Å². The summed E-state index contributed by atoms with van der Waals surface area (Å²) in [6.45, 7) is 2.18. The van der Waals surface area contributed by atoms with Gasteiger partial charge in [-0.1, -0.05) is 115 Å². The van der Waals surface area contributed by atoms with Gasteiger partial charge in [0.25, 0.3) is 0 Å². The van der Waals surface area contributed by atoms with Gasteiger partial charge < -0.3 is 8.98 Å². The SMILES string of the molecule is Cc1ccccc1-c1c(CCCc2ccc(-c3ccccc3-n3c4ccccc4c4ccccc43)cc2C#N)ccc2oc3ccccc3c12. The first-order valence-electron chi connectivity index (χ1n) is 17.3. The van der Waals surface area contributed by atoms with E-state index in [1.165, 1.54) is 49.4 Å². The van der Waals surface area contributed by atoms with E-state index in [1.54, 1.807) is 0 Å². The lowest BCUT2D eigenvalue weighted by atomic mass is 9.89. The summed E-state index contributed by atoms with van der Waals surface area (Å²) in [7, 11) is 0. The van der Waals surface area contributed by atoms with Crippen LogP contribution in [0.1, 0.15) is 28.7 Å². The van der Waals surface area contributed by atoms with Crippen molar-refractivity contribution < 1.29 is 4.42 Å². The first kappa shape index (κ1) is 29.7. The van der Waals surface area contributed by atoms with Crippen molar-refractivity contribution in [2.75, 3.05) is 0 Å². The van der Waals surface area contributed by atoms with E-state index in [1.807, 2.05) is 12.1 Å². The molecular formula is C47H34N2O. The van der Waals surface area contributed by atoms with E-state index in [4.69, 9.17) is 4.42 Å². The second-order valence-corrected chi connectivity index (χ2v) is 13.1. The number of nitrogens with zero attached hydrogens (tertiary/aromatic N) is 2. The number of hydrogen-bond donors (Lipinski definition) is 0. The number of hydrogen-bond acceptors (Lipinski definition) is 2. The highest BCUT2D eigenvalue weighted by Gasteiger charge is 2.19. The molecule has 3 heteroatoms. The summed E-state index contributed by atoms with van der Waals surface area (Å²) < 4.78 is 8.65. The van der Waals surface area contributed by atoms with E-state index in [2.05, 4.69) is 157 Å². The van der Waals surface area contributed by atoms with Crippen molar-refractivity contribution in [3.8, 4) is 34.0 Å². The van der Waals surface area contributed by atoms with Crippen LogP contribution in [0, 0.1) is 18.3 Å². The van der Waals surface area contributed by atoms with Crippen LogP contribution < -0.4 is 0 Å². The maximum absolute atomic E-state index is 10.4. The third-order valence-corrected chi connectivity index (χ3v) is 10.2. The topological polar surface area (TPSA) is 41.9 Å². The highest BCUT2D eigenvalue weighted by molar-refractivity contribution is 6.13. The smallest absolute Gasteiger partial charge is 0.136 e. The number of benzene rings is 7. The largest absolute Gasteiger partial charge is 0.456 e. The number of rotatable bonds is 7. The van der Waals surface area contributed by atoms with E-state index in [0.29, 0.717) is 0 Å². The van der Waals surface area contributed by atoms with Gasteiger partial charge in [-0.2, -0.15) is 5.26 Å². The van der Waals surface area contributed by atoms with Crippen LogP contribution in [-0.2, 0) is 12.8 Å². The maximum Gasteiger partial charge on any atom is 0.136 e. The van der Waals surface area contributed by atoms with Crippen molar-refractivity contribution in [2.24, 2.45) is 0 Å². The first-order chi connectivity index (χ1) is 24.7. The van der Waals surface area contributed by atoms with Gasteiger partial charge in [0.2, 0.25) is 0 Å². The number of aromatic nitrogens is 1. The third-order valence-electron chi connectivity index (χ3n) is 10.2. The van der Waals surface area contributed by atoms with Gasteiger partial charge in [-0.25, -0.2) is 0 Å². The molecule has 7 aromatic carbocycles. The van der Waals surface area contributed by atoms with Gasteiger partial charge in [0.15, 0.2) is 0 Å². The minimum atomic E-state index is 0.731. The first-order valence-corrected chi connectivity index (χ1v) is 17.3. The van der Waals surface area contributed by atoms with E-state index in [9.17, 15) is 5.26 Å². The van der Waals surface area contributed by atoms with Crippen molar-refractivity contribution >= 4 is 43.7 Å². The van der Waals surface area contributed by atoms with E-state index in [0.717, 1.165) is 63.8 Å². The summed E-state index contributed by atoms with van der Waals surface area (Å²) >= 11 is 0. The Labute approximate surface area is 291 Å². The summed E-state index contributed by atoms with van der Waals surface area (Å²) in [6.07, 6.45) is 2.63. The fourth-order valence-corrected chi connectivity index (χ4v) is 7.86. The van der Waals surface area contributed by atoms with Gasteiger partial charge in [-0.05, 0) is 96.0 Å². The third kappa shape index (κ3) is 4.88. The Morgan fingerprint density at radius 2 is 1.20 bits per heavy atom. The second kappa shape index (κ2) is 12.3. The Morgan fingerprint density at radius 1 is 0.580 bits per heavy atom. The second-order valence-electron chi connectivity index (χ2n) is 13.1. The molecule has 3 nitrogen and oxygen atoms in total. The maximum atomic E-state index is 10.4. The highest BCUT2D eigenvalue weighted by Crippen LogP contribution is 2.41. The van der Waals surface area contributed by atoms with Crippen LogP contribution in [0.15, 0.2) is 156 Å². The Morgan fingerprint density at radius 3 is 1.96 bits per heavy atom. The van der Waals surface area contributed by atoms with Gasteiger partial charge in [-0.15, -0.1) is 0 Å². The summed E-state index contributed by atoms with van der Waals surface area (Å²) in [5.74, 6) is 0. The predicted molar refractivity (Wildman–Crippen MR) is 207 cm³/mol. The molecule has 0 atom stereocenters. The van der Waals surface area contributed by atoms with Gasteiger partial charge in [0.05, 0.1) is 28.4 Å². The molecule has 9 aromatic rings. The van der Waals surface area contributed by atoms with E-state index >= 15 is 0 Å². The normalized spacial score (nSPS) is 11.5. The van der Waals surface area contributed by atoms with Crippen LogP contribution in [0.2, 0.25) is 0 Å². The zero-order valence-corrected chi connectivity index (χ0v) is 27.9. The fraction of sp³-hybridized carbons (Fsp3) is 0.0851. The van der Waals surface area contributed by atoms with Crippen LogP contribution in [0.4, 0.5) is 0 Å². The van der Waals surface area contributed by atoms with Gasteiger partial charge >= 0.3 is 0 Å². The van der Waals surface area contributed by atoms with Crippen LogP contribution in [0.25, 0.3) is 71.7 Å². The predicted octanol–water partition coefficient (Wildman–Crippen LogP) is 12.4. The Balaban J connectivity index is 1.06. The van der Waals surface area contributed by atoms with Crippen LogP contribution >= 0.6 is 0 Å². The molecule has 0 radical (unpaired) electrons. The molecule has 0 amide bonds. The number of furan rings is 1. The lowest BCUT2D eigenvalue weighted by Gasteiger charge is -2.16. The molecule has 0 saturated heterocycles. The van der Waals surface area contributed by atoms with Gasteiger partial charge in [0, 0.05) is 27.1 Å². The molecule has 0 aliphatic heterocycles. The molecule has 0 N–H and O–H groups in total. The molecule has 0 spiro atoms. The highest BCUT2D eigenvalue weighted by atomic mass is 16.3. The van der Waals surface area contributed by atoms with E-state index < -0.39 is 0 Å². The quantitative estimate of drug-likeness (QED) is 0.174. The monoisotopic (exact) mass is 642 g/mol. The average molecular weight is 643 g/mol. The lowest BCUT2D eigenvalue weighted by Crippen LogP contribution is -1.99. The molecular weight excluding hydrogens is 609 g/mol. The molecule has 238 valence electrons. The zero-order chi connectivity index (χ0) is 33.6. The Kier molecular flexibility index (Phi) is 7.29. The number of fused-ring (bicyclic) bond motifs is 6. The number of para-hydroxylation sites is 4. The molecule has 50 heavy (non-hydrogen) atoms. The van der Waals surface area contributed by atoms with Crippen molar-refractivity contribution in [3.63, 3.8) is 0 Å². The molecule has 0 unspecified atom stereocenters. The minimum Gasteiger partial charge on any atom is -0.456 e. The summed E-state index contributed by atoms with van der Waals surface area (Å²) in [5.41, 5.74) is 14.3. The zero-order valence-electron chi connectivity index (χ0n) is 27.9. The van der Waals surface area contributed by atoms with Crippen LogP contribution in [0.5, 0.6) is 0 Å². The fourth-order valence-electron chi connectivity index (χ4n) is 7.86. The summed E-state index contributed by atoms with van der Waals surface area (Å²) in [6, 6.07) is 55.9.